The number of primary amides is 1. The molecule has 2 amide bonds. The topological polar surface area (TPSA) is 100 Å². The van der Waals surface area contributed by atoms with Gasteiger partial charge >= 0.3 is 0 Å². The van der Waals surface area contributed by atoms with E-state index in [1.807, 2.05) is 4.90 Å². The molecule has 0 aromatic heterocycles. The van der Waals surface area contributed by atoms with E-state index in [9.17, 15) is 9.59 Å². The van der Waals surface area contributed by atoms with Gasteiger partial charge in [-0.3, -0.25) is 9.59 Å². The van der Waals surface area contributed by atoms with Gasteiger partial charge in [0, 0.05) is 17.5 Å². The third kappa shape index (κ3) is 3.81. The van der Waals surface area contributed by atoms with E-state index in [-0.39, 0.29) is 24.0 Å². The van der Waals surface area contributed by atoms with Crippen molar-refractivity contribution in [3.63, 3.8) is 0 Å². The Bertz CT molecular complexity index is 1120. The Labute approximate surface area is 198 Å². The highest BCUT2D eigenvalue weighted by Crippen LogP contribution is 2.52. The Morgan fingerprint density at radius 3 is 2.47 bits per heavy atom. The zero-order chi connectivity index (χ0) is 23.9. The van der Waals surface area contributed by atoms with Crippen LogP contribution in [-0.2, 0) is 10.2 Å². The van der Waals surface area contributed by atoms with Gasteiger partial charge in [-0.25, -0.2) is 0 Å². The third-order valence-corrected chi connectivity index (χ3v) is 7.28. The molecule has 0 unspecified atom stereocenters. The molecule has 1 saturated carbocycles. The molecular formula is C26H30N2O6. The monoisotopic (exact) mass is 466 g/mol. The van der Waals surface area contributed by atoms with Gasteiger partial charge in [-0.1, -0.05) is 12.8 Å². The van der Waals surface area contributed by atoms with Crippen molar-refractivity contribution in [1.82, 2.24) is 4.90 Å². The van der Waals surface area contributed by atoms with Gasteiger partial charge in [0.2, 0.25) is 0 Å². The van der Waals surface area contributed by atoms with Crippen molar-refractivity contribution in [3.8, 4) is 23.0 Å². The number of hydrogen-bond acceptors (Lipinski definition) is 6. The van der Waals surface area contributed by atoms with Crippen LogP contribution in [0.3, 0.4) is 0 Å². The summed E-state index contributed by atoms with van der Waals surface area (Å²) < 4.78 is 22.6. The van der Waals surface area contributed by atoms with Crippen molar-refractivity contribution < 1.29 is 28.5 Å². The maximum atomic E-state index is 13.8. The molecule has 2 aromatic carbocycles. The van der Waals surface area contributed by atoms with E-state index in [4.69, 9.17) is 24.7 Å². The van der Waals surface area contributed by atoms with Crippen LogP contribution in [0.2, 0.25) is 0 Å². The second-order valence-corrected chi connectivity index (χ2v) is 9.30. The Morgan fingerprint density at radius 2 is 1.79 bits per heavy atom. The van der Waals surface area contributed by atoms with Gasteiger partial charge in [0.05, 0.1) is 13.2 Å². The van der Waals surface area contributed by atoms with E-state index in [1.165, 1.54) is 12.7 Å². The average Bonchev–Trinajstić information content (AvgIpc) is 3.33. The van der Waals surface area contributed by atoms with Gasteiger partial charge in [-0.2, -0.15) is 0 Å². The number of amides is 2. The Kier molecular flexibility index (Phi) is 5.75. The molecular weight excluding hydrogens is 436 g/mol. The molecule has 0 radical (unpaired) electrons. The lowest BCUT2D eigenvalue weighted by molar-refractivity contribution is -0.119. The lowest BCUT2D eigenvalue weighted by atomic mass is 9.71. The summed E-state index contributed by atoms with van der Waals surface area (Å²) in [5.74, 6) is 1.65. The number of benzene rings is 2. The number of methoxy groups -OCH3 is 1. The second kappa shape index (κ2) is 8.74. The van der Waals surface area contributed by atoms with Crippen LogP contribution in [0.1, 0.15) is 60.1 Å². The molecule has 0 saturated heterocycles. The van der Waals surface area contributed by atoms with Crippen LogP contribution < -0.4 is 24.7 Å². The lowest BCUT2D eigenvalue weighted by Crippen LogP contribution is -2.48. The van der Waals surface area contributed by atoms with E-state index in [0.29, 0.717) is 36.8 Å². The largest absolute Gasteiger partial charge is 0.493 e. The standard InChI is InChI=1S/C26H30N2O6/c1-16-18-12-22-23(33-10-9-32-22)13-19(18)26(7-3-4-8-26)15-28(16)25(30)17-5-6-20(21(11-17)31-2)34-14-24(27)29/h5-6,11-13,16H,3-4,7-10,14-15H2,1-2H3,(H2,27,29)/t16-/m1/s1. The van der Waals surface area contributed by atoms with Gasteiger partial charge < -0.3 is 29.6 Å². The fraction of sp³-hybridized carbons (Fsp3) is 0.462. The third-order valence-electron chi connectivity index (χ3n) is 7.28. The van der Waals surface area contributed by atoms with E-state index in [0.717, 1.165) is 42.7 Å². The second-order valence-electron chi connectivity index (χ2n) is 9.30. The molecule has 1 atom stereocenters. The maximum Gasteiger partial charge on any atom is 0.255 e. The van der Waals surface area contributed by atoms with Crippen molar-refractivity contribution in [2.45, 2.75) is 44.1 Å². The number of rotatable bonds is 5. The number of hydrogen-bond donors (Lipinski definition) is 1. The van der Waals surface area contributed by atoms with Crippen LogP contribution in [0.15, 0.2) is 30.3 Å². The van der Waals surface area contributed by atoms with Crippen LogP contribution in [0, 0.1) is 0 Å². The fourth-order valence-electron chi connectivity index (χ4n) is 5.59. The summed E-state index contributed by atoms with van der Waals surface area (Å²) in [7, 11) is 1.50. The number of nitrogens with two attached hydrogens (primary N) is 1. The van der Waals surface area contributed by atoms with E-state index >= 15 is 0 Å². The van der Waals surface area contributed by atoms with Gasteiger partial charge in [0.15, 0.2) is 29.6 Å². The molecule has 8 heteroatoms. The first-order valence-corrected chi connectivity index (χ1v) is 11.8. The Hall–Kier alpha value is -3.42. The van der Waals surface area contributed by atoms with Gasteiger partial charge in [-0.15, -0.1) is 0 Å². The number of fused-ring (bicyclic) bond motifs is 3. The van der Waals surface area contributed by atoms with Crippen molar-refractivity contribution in [2.75, 3.05) is 33.5 Å². The van der Waals surface area contributed by atoms with Crippen LogP contribution >= 0.6 is 0 Å². The average molecular weight is 467 g/mol. The summed E-state index contributed by atoms with van der Waals surface area (Å²) in [6.45, 7) is 3.54. The van der Waals surface area contributed by atoms with Crippen molar-refractivity contribution in [1.29, 1.82) is 0 Å². The predicted molar refractivity (Wildman–Crippen MR) is 125 cm³/mol. The summed E-state index contributed by atoms with van der Waals surface area (Å²) in [4.78, 5) is 26.8. The number of ether oxygens (including phenoxy) is 4. The molecule has 1 fully saturated rings. The lowest BCUT2D eigenvalue weighted by Gasteiger charge is -2.46. The van der Waals surface area contributed by atoms with Crippen molar-refractivity contribution in [3.05, 3.63) is 47.0 Å². The minimum absolute atomic E-state index is 0.0703. The molecule has 1 aliphatic carbocycles. The van der Waals surface area contributed by atoms with E-state index in [1.54, 1.807) is 18.2 Å². The molecule has 34 heavy (non-hydrogen) atoms. The molecule has 5 rings (SSSR count). The first-order chi connectivity index (χ1) is 16.4. The normalized spacial score (nSPS) is 20.1. The summed E-state index contributed by atoms with van der Waals surface area (Å²) in [6.07, 6.45) is 4.37. The quantitative estimate of drug-likeness (QED) is 0.725. The summed E-state index contributed by atoms with van der Waals surface area (Å²) >= 11 is 0. The first kappa shape index (κ1) is 22.4. The molecule has 3 aliphatic rings. The predicted octanol–water partition coefficient (Wildman–Crippen LogP) is 3.36. The van der Waals surface area contributed by atoms with E-state index in [2.05, 4.69) is 19.1 Å². The summed E-state index contributed by atoms with van der Waals surface area (Å²) in [6, 6.07) is 9.10. The zero-order valence-electron chi connectivity index (χ0n) is 19.6. The molecule has 2 N–H and O–H groups in total. The molecule has 2 heterocycles. The molecule has 2 aromatic rings. The van der Waals surface area contributed by atoms with Crippen LogP contribution in [0.25, 0.3) is 0 Å². The van der Waals surface area contributed by atoms with Crippen LogP contribution in [0.4, 0.5) is 0 Å². The minimum atomic E-state index is -0.582. The Balaban J connectivity index is 1.50. The maximum absolute atomic E-state index is 13.8. The summed E-state index contributed by atoms with van der Waals surface area (Å²) in [5.41, 5.74) is 8.02. The molecule has 8 nitrogen and oxygen atoms in total. The highest BCUT2D eigenvalue weighted by atomic mass is 16.6. The van der Waals surface area contributed by atoms with Gasteiger partial charge in [0.1, 0.15) is 13.2 Å². The number of nitrogens with zero attached hydrogens (tertiary/aromatic N) is 1. The van der Waals surface area contributed by atoms with Gasteiger partial charge in [-0.05, 0) is 61.2 Å². The first-order valence-electron chi connectivity index (χ1n) is 11.8. The number of carbonyl (C=O) groups excluding carboxylic acids is 2. The summed E-state index contributed by atoms with van der Waals surface area (Å²) in [5, 5.41) is 0. The molecule has 180 valence electrons. The molecule has 2 aliphatic heterocycles. The van der Waals surface area contributed by atoms with Crippen molar-refractivity contribution in [2.24, 2.45) is 5.73 Å². The van der Waals surface area contributed by atoms with Crippen LogP contribution in [0.5, 0.6) is 23.0 Å². The highest BCUT2D eigenvalue weighted by molar-refractivity contribution is 5.95. The highest BCUT2D eigenvalue weighted by Gasteiger charge is 2.46. The van der Waals surface area contributed by atoms with Gasteiger partial charge in [0.25, 0.3) is 11.8 Å². The van der Waals surface area contributed by atoms with E-state index < -0.39 is 5.91 Å². The smallest absolute Gasteiger partial charge is 0.255 e. The van der Waals surface area contributed by atoms with Crippen molar-refractivity contribution >= 4 is 11.8 Å². The SMILES string of the molecule is COc1cc(C(=O)N2CC3(CCCC3)c3cc4c(cc3[C@H]2C)OCCO4)ccc1OCC(N)=O. The number of carbonyl (C=O) groups is 2. The minimum Gasteiger partial charge on any atom is -0.493 e. The zero-order valence-corrected chi connectivity index (χ0v) is 19.6. The Morgan fingerprint density at radius 1 is 1.09 bits per heavy atom. The van der Waals surface area contributed by atoms with Crippen LogP contribution in [-0.4, -0.2) is 50.2 Å². The molecule has 1 spiro atoms. The molecule has 0 bridgehead atoms. The fourth-order valence-corrected chi connectivity index (χ4v) is 5.59.